The Balaban J connectivity index is 2.91. The van der Waals surface area contributed by atoms with E-state index in [2.05, 4.69) is 64.0 Å². The van der Waals surface area contributed by atoms with Crippen LogP contribution in [0, 0.1) is 13.8 Å². The van der Waals surface area contributed by atoms with Gasteiger partial charge in [0.25, 0.3) is 0 Å². The smallest absolute Gasteiger partial charge is 0.00158 e. The van der Waals surface area contributed by atoms with Crippen LogP contribution in [0.1, 0.15) is 30.0 Å². The van der Waals surface area contributed by atoms with Crippen LogP contribution in [0.15, 0.2) is 24.3 Å². The molecule has 0 radical (unpaired) electrons. The van der Waals surface area contributed by atoms with Crippen molar-refractivity contribution in [3.8, 4) is 0 Å². The van der Waals surface area contributed by atoms with Gasteiger partial charge in [-0.2, -0.15) is 0 Å². The molecule has 0 saturated carbocycles. The molecule has 0 fully saturated rings. The van der Waals surface area contributed by atoms with Crippen molar-refractivity contribution in [2.24, 2.45) is 0 Å². The van der Waals surface area contributed by atoms with Gasteiger partial charge in [0.2, 0.25) is 0 Å². The fourth-order valence-electron chi connectivity index (χ4n) is 1.86. The highest BCUT2D eigenvalue weighted by Gasteiger charge is 2.05. The van der Waals surface area contributed by atoms with Gasteiger partial charge in [-0.15, -0.1) is 0 Å². The third-order valence-corrected chi connectivity index (χ3v) is 2.92. The third kappa shape index (κ3) is 3.49. The summed E-state index contributed by atoms with van der Waals surface area (Å²) in [5.74, 6) is 0. The van der Waals surface area contributed by atoms with Crippen molar-refractivity contribution in [2.75, 3.05) is 20.6 Å². The second kappa shape index (κ2) is 5.86. The topological polar surface area (TPSA) is 3.24 Å². The van der Waals surface area contributed by atoms with E-state index >= 15 is 0 Å². The molecule has 16 heavy (non-hydrogen) atoms. The Hall–Kier alpha value is -1.08. The SMILES string of the molecule is C/C=C(/CCN(C)C)c1cc(C)ccc1C. The molecule has 0 aliphatic heterocycles. The summed E-state index contributed by atoms with van der Waals surface area (Å²) < 4.78 is 0. The van der Waals surface area contributed by atoms with E-state index in [0.717, 1.165) is 13.0 Å². The number of hydrogen-bond donors (Lipinski definition) is 0. The van der Waals surface area contributed by atoms with Gasteiger partial charge in [-0.05, 0) is 58.0 Å². The van der Waals surface area contributed by atoms with Gasteiger partial charge in [-0.3, -0.25) is 0 Å². The predicted octanol–water partition coefficient (Wildman–Crippen LogP) is 3.66. The minimum atomic E-state index is 1.10. The molecule has 0 amide bonds. The van der Waals surface area contributed by atoms with Gasteiger partial charge in [0, 0.05) is 6.54 Å². The number of hydrogen-bond acceptors (Lipinski definition) is 1. The largest absolute Gasteiger partial charge is 0.309 e. The van der Waals surface area contributed by atoms with E-state index in [1.807, 2.05) is 0 Å². The van der Waals surface area contributed by atoms with Crippen LogP contribution in [-0.4, -0.2) is 25.5 Å². The fraction of sp³-hybridized carbons (Fsp3) is 0.467. The molecule has 1 rings (SSSR count). The zero-order valence-electron chi connectivity index (χ0n) is 11.2. The maximum atomic E-state index is 2.29. The summed E-state index contributed by atoms with van der Waals surface area (Å²) in [7, 11) is 4.24. The summed E-state index contributed by atoms with van der Waals surface area (Å²) in [4.78, 5) is 2.23. The molecular formula is C15H23N. The molecule has 0 aromatic heterocycles. The highest BCUT2D eigenvalue weighted by Crippen LogP contribution is 2.23. The van der Waals surface area contributed by atoms with E-state index in [4.69, 9.17) is 0 Å². The molecule has 1 heteroatoms. The van der Waals surface area contributed by atoms with Crippen molar-refractivity contribution in [1.82, 2.24) is 4.90 Å². The maximum absolute atomic E-state index is 2.29. The van der Waals surface area contributed by atoms with Crippen LogP contribution in [-0.2, 0) is 0 Å². The first kappa shape index (κ1) is 13.0. The molecule has 1 aromatic carbocycles. The lowest BCUT2D eigenvalue weighted by Gasteiger charge is -2.14. The van der Waals surface area contributed by atoms with Gasteiger partial charge in [-0.25, -0.2) is 0 Å². The number of benzene rings is 1. The normalized spacial score (nSPS) is 12.2. The second-order valence-corrected chi connectivity index (χ2v) is 4.69. The first-order valence-corrected chi connectivity index (χ1v) is 5.92. The molecule has 1 nitrogen and oxygen atoms in total. The summed E-state index contributed by atoms with van der Waals surface area (Å²) in [5.41, 5.74) is 5.57. The molecule has 0 heterocycles. The Kier molecular flexibility index (Phi) is 4.75. The van der Waals surface area contributed by atoms with Crippen LogP contribution in [0.25, 0.3) is 5.57 Å². The molecular weight excluding hydrogens is 194 g/mol. The average molecular weight is 217 g/mol. The van der Waals surface area contributed by atoms with Crippen LogP contribution >= 0.6 is 0 Å². The van der Waals surface area contributed by atoms with Crippen molar-refractivity contribution >= 4 is 5.57 Å². The van der Waals surface area contributed by atoms with Gasteiger partial charge in [0.1, 0.15) is 0 Å². The van der Waals surface area contributed by atoms with Crippen LogP contribution in [0.4, 0.5) is 0 Å². The van der Waals surface area contributed by atoms with Crippen LogP contribution < -0.4 is 0 Å². The molecule has 0 saturated heterocycles. The molecule has 0 unspecified atom stereocenters. The molecule has 0 spiro atoms. The van der Waals surface area contributed by atoms with Gasteiger partial charge in [0.05, 0.1) is 0 Å². The minimum absolute atomic E-state index is 1.10. The lowest BCUT2D eigenvalue weighted by molar-refractivity contribution is 0.419. The van der Waals surface area contributed by atoms with Crippen molar-refractivity contribution < 1.29 is 0 Å². The Bertz CT molecular complexity index is 375. The summed E-state index contributed by atoms with van der Waals surface area (Å²) in [6, 6.07) is 6.68. The molecule has 1 aromatic rings. The Morgan fingerprint density at radius 1 is 1.25 bits per heavy atom. The van der Waals surface area contributed by atoms with Crippen molar-refractivity contribution in [3.05, 3.63) is 41.0 Å². The van der Waals surface area contributed by atoms with E-state index in [1.165, 1.54) is 22.3 Å². The Morgan fingerprint density at radius 3 is 2.50 bits per heavy atom. The molecule has 0 atom stereocenters. The predicted molar refractivity (Wildman–Crippen MR) is 72.7 cm³/mol. The van der Waals surface area contributed by atoms with E-state index in [9.17, 15) is 0 Å². The average Bonchev–Trinajstić information content (AvgIpc) is 2.23. The van der Waals surface area contributed by atoms with Gasteiger partial charge >= 0.3 is 0 Å². The third-order valence-electron chi connectivity index (χ3n) is 2.92. The van der Waals surface area contributed by atoms with Crippen molar-refractivity contribution in [1.29, 1.82) is 0 Å². The number of rotatable bonds is 4. The first-order valence-electron chi connectivity index (χ1n) is 5.92. The number of nitrogens with zero attached hydrogens (tertiary/aromatic N) is 1. The molecule has 0 bridgehead atoms. The van der Waals surface area contributed by atoms with Gasteiger partial charge in [0.15, 0.2) is 0 Å². The monoisotopic (exact) mass is 217 g/mol. The highest BCUT2D eigenvalue weighted by molar-refractivity contribution is 5.68. The molecule has 88 valence electrons. The van der Waals surface area contributed by atoms with Gasteiger partial charge < -0.3 is 4.90 Å². The molecule has 0 aliphatic rings. The Morgan fingerprint density at radius 2 is 1.94 bits per heavy atom. The summed E-state index contributed by atoms with van der Waals surface area (Å²) in [5, 5.41) is 0. The Labute approximate surface area is 99.8 Å². The highest BCUT2D eigenvalue weighted by atomic mass is 15.0. The molecule has 0 aliphatic carbocycles. The standard InChI is InChI=1S/C15H23N/c1-6-14(9-10-16(4)5)15-11-12(2)7-8-13(15)3/h6-8,11H,9-10H2,1-5H3/b14-6-. The lowest BCUT2D eigenvalue weighted by Crippen LogP contribution is -2.13. The van der Waals surface area contributed by atoms with E-state index < -0.39 is 0 Å². The zero-order chi connectivity index (χ0) is 12.1. The molecule has 0 N–H and O–H groups in total. The summed E-state index contributed by atoms with van der Waals surface area (Å²) >= 11 is 0. The second-order valence-electron chi connectivity index (χ2n) is 4.69. The van der Waals surface area contributed by atoms with Crippen LogP contribution in [0.2, 0.25) is 0 Å². The van der Waals surface area contributed by atoms with E-state index in [1.54, 1.807) is 0 Å². The summed E-state index contributed by atoms with van der Waals surface area (Å²) in [6.45, 7) is 7.58. The van der Waals surface area contributed by atoms with Gasteiger partial charge in [-0.1, -0.05) is 29.8 Å². The zero-order valence-corrected chi connectivity index (χ0v) is 11.2. The van der Waals surface area contributed by atoms with Crippen LogP contribution in [0.5, 0.6) is 0 Å². The number of allylic oxidation sites excluding steroid dienone is 1. The van der Waals surface area contributed by atoms with Crippen LogP contribution in [0.3, 0.4) is 0 Å². The van der Waals surface area contributed by atoms with Crippen molar-refractivity contribution in [2.45, 2.75) is 27.2 Å². The van der Waals surface area contributed by atoms with Crippen molar-refractivity contribution in [3.63, 3.8) is 0 Å². The number of aryl methyl sites for hydroxylation is 2. The summed E-state index contributed by atoms with van der Waals surface area (Å²) in [6.07, 6.45) is 3.36. The first-order chi connectivity index (χ1) is 7.54. The van der Waals surface area contributed by atoms with E-state index in [-0.39, 0.29) is 0 Å². The minimum Gasteiger partial charge on any atom is -0.309 e. The lowest BCUT2D eigenvalue weighted by atomic mass is 9.96. The quantitative estimate of drug-likeness (QED) is 0.744. The van der Waals surface area contributed by atoms with E-state index in [0.29, 0.717) is 0 Å². The maximum Gasteiger partial charge on any atom is 0.00158 e. The fourth-order valence-corrected chi connectivity index (χ4v) is 1.86.